The molecule has 0 spiro atoms. The average Bonchev–Trinajstić information content (AvgIpc) is 3.11. The maximum absolute atomic E-state index is 13.0. The number of anilines is 1. The number of rotatable bonds is 3. The third-order valence-corrected chi connectivity index (χ3v) is 4.89. The molecule has 1 aliphatic rings. The summed E-state index contributed by atoms with van der Waals surface area (Å²) in [6, 6.07) is 11.3. The first-order valence-corrected chi connectivity index (χ1v) is 9.27. The Hall–Kier alpha value is -3.19. The normalized spacial score (nSPS) is 14.3. The van der Waals surface area contributed by atoms with Crippen molar-refractivity contribution < 1.29 is 14.3 Å². The molecule has 28 heavy (non-hydrogen) atoms. The van der Waals surface area contributed by atoms with Crippen LogP contribution in [0.2, 0.25) is 0 Å². The number of amides is 2. The Labute approximate surface area is 162 Å². The number of carbonyl (C=O) groups excluding carboxylic acids is 2. The van der Waals surface area contributed by atoms with Crippen molar-refractivity contribution in [1.29, 1.82) is 0 Å². The van der Waals surface area contributed by atoms with Crippen molar-refractivity contribution in [3.8, 4) is 0 Å². The van der Waals surface area contributed by atoms with Gasteiger partial charge < -0.3 is 15.0 Å². The minimum atomic E-state index is -0.335. The number of fused-ring (bicyclic) bond motifs is 1. The molecule has 0 saturated carbocycles. The van der Waals surface area contributed by atoms with Crippen LogP contribution in [-0.2, 0) is 4.74 Å². The Bertz CT molecular complexity index is 1050. The van der Waals surface area contributed by atoms with E-state index < -0.39 is 0 Å². The summed E-state index contributed by atoms with van der Waals surface area (Å²) in [5, 5.41) is 2.93. The fourth-order valence-electron chi connectivity index (χ4n) is 3.32. The van der Waals surface area contributed by atoms with Crippen LogP contribution in [0.15, 0.2) is 42.6 Å². The SMILES string of the molecule is Cc1ccc(C)c(NC(=O)c2nc(C(=O)N3CCOCC3)n3ccccc23)c1. The van der Waals surface area contributed by atoms with Gasteiger partial charge in [0.1, 0.15) is 0 Å². The molecule has 7 nitrogen and oxygen atoms in total. The standard InChI is InChI=1S/C21H22N4O3/c1-14-6-7-15(2)16(13-14)22-20(26)18-17-5-3-4-8-25(17)19(23-18)21(27)24-9-11-28-12-10-24/h3-8,13H,9-12H2,1-2H3,(H,22,26). The van der Waals surface area contributed by atoms with Crippen molar-refractivity contribution in [1.82, 2.24) is 14.3 Å². The molecule has 1 aromatic carbocycles. The highest BCUT2D eigenvalue weighted by atomic mass is 16.5. The minimum Gasteiger partial charge on any atom is -0.378 e. The molecular weight excluding hydrogens is 356 g/mol. The van der Waals surface area contributed by atoms with Crippen LogP contribution < -0.4 is 5.32 Å². The van der Waals surface area contributed by atoms with Gasteiger partial charge in [0.15, 0.2) is 5.69 Å². The van der Waals surface area contributed by atoms with Gasteiger partial charge in [-0.15, -0.1) is 0 Å². The number of aryl methyl sites for hydroxylation is 2. The molecule has 2 aromatic heterocycles. The van der Waals surface area contributed by atoms with Crippen LogP contribution in [0.3, 0.4) is 0 Å². The van der Waals surface area contributed by atoms with Gasteiger partial charge in [-0.2, -0.15) is 0 Å². The average molecular weight is 378 g/mol. The lowest BCUT2D eigenvalue weighted by Gasteiger charge is -2.26. The van der Waals surface area contributed by atoms with Crippen molar-refractivity contribution in [2.24, 2.45) is 0 Å². The van der Waals surface area contributed by atoms with E-state index in [1.54, 1.807) is 21.6 Å². The topological polar surface area (TPSA) is 75.9 Å². The number of benzene rings is 1. The van der Waals surface area contributed by atoms with Crippen LogP contribution in [0.25, 0.3) is 5.52 Å². The van der Waals surface area contributed by atoms with E-state index in [0.29, 0.717) is 31.8 Å². The van der Waals surface area contributed by atoms with Crippen LogP contribution in [0, 0.1) is 13.8 Å². The van der Waals surface area contributed by atoms with Crippen LogP contribution in [0.5, 0.6) is 0 Å². The Balaban J connectivity index is 1.70. The lowest BCUT2D eigenvalue weighted by molar-refractivity contribution is 0.0294. The Morgan fingerprint density at radius 3 is 2.68 bits per heavy atom. The Kier molecular flexibility index (Phi) is 4.83. The molecule has 1 saturated heterocycles. The van der Waals surface area contributed by atoms with Crippen molar-refractivity contribution in [3.63, 3.8) is 0 Å². The monoisotopic (exact) mass is 378 g/mol. The molecule has 3 heterocycles. The molecule has 1 fully saturated rings. The van der Waals surface area contributed by atoms with Gasteiger partial charge in [0.2, 0.25) is 5.82 Å². The van der Waals surface area contributed by atoms with E-state index in [1.807, 2.05) is 44.2 Å². The van der Waals surface area contributed by atoms with Crippen molar-refractivity contribution >= 4 is 23.0 Å². The Morgan fingerprint density at radius 2 is 1.89 bits per heavy atom. The number of hydrogen-bond acceptors (Lipinski definition) is 4. The molecule has 0 aliphatic carbocycles. The van der Waals surface area contributed by atoms with Gasteiger partial charge in [-0.25, -0.2) is 4.98 Å². The molecule has 0 bridgehead atoms. The van der Waals surface area contributed by atoms with Crippen LogP contribution >= 0.6 is 0 Å². The first kappa shape index (κ1) is 18.2. The predicted molar refractivity (Wildman–Crippen MR) is 106 cm³/mol. The van der Waals surface area contributed by atoms with E-state index in [2.05, 4.69) is 10.3 Å². The summed E-state index contributed by atoms with van der Waals surface area (Å²) >= 11 is 0. The molecule has 1 aliphatic heterocycles. The van der Waals surface area contributed by atoms with Crippen molar-refractivity contribution in [2.75, 3.05) is 31.6 Å². The van der Waals surface area contributed by atoms with Crippen molar-refractivity contribution in [2.45, 2.75) is 13.8 Å². The number of carbonyl (C=O) groups is 2. The maximum atomic E-state index is 13.0. The smallest absolute Gasteiger partial charge is 0.290 e. The molecule has 0 atom stereocenters. The van der Waals surface area contributed by atoms with Gasteiger partial charge in [0.05, 0.1) is 18.7 Å². The van der Waals surface area contributed by atoms with E-state index in [9.17, 15) is 9.59 Å². The number of nitrogens with zero attached hydrogens (tertiary/aromatic N) is 3. The van der Waals surface area contributed by atoms with E-state index in [4.69, 9.17) is 4.74 Å². The fourth-order valence-corrected chi connectivity index (χ4v) is 3.32. The second kappa shape index (κ2) is 7.44. The van der Waals surface area contributed by atoms with Gasteiger partial charge in [0, 0.05) is 25.0 Å². The number of ether oxygens (including phenoxy) is 1. The molecule has 7 heteroatoms. The third-order valence-electron chi connectivity index (χ3n) is 4.89. The van der Waals surface area contributed by atoms with Gasteiger partial charge >= 0.3 is 0 Å². The maximum Gasteiger partial charge on any atom is 0.290 e. The zero-order valence-corrected chi connectivity index (χ0v) is 15.9. The molecule has 1 N–H and O–H groups in total. The fraction of sp³-hybridized carbons (Fsp3) is 0.286. The highest BCUT2D eigenvalue weighted by Crippen LogP contribution is 2.20. The summed E-state index contributed by atoms with van der Waals surface area (Å²) in [7, 11) is 0. The lowest BCUT2D eigenvalue weighted by atomic mass is 10.1. The zero-order chi connectivity index (χ0) is 19.7. The Morgan fingerprint density at radius 1 is 1.11 bits per heavy atom. The van der Waals surface area contributed by atoms with Crippen molar-refractivity contribution in [3.05, 3.63) is 65.2 Å². The highest BCUT2D eigenvalue weighted by Gasteiger charge is 2.26. The summed E-state index contributed by atoms with van der Waals surface area (Å²) < 4.78 is 7.00. The summed E-state index contributed by atoms with van der Waals surface area (Å²) in [6.45, 7) is 5.97. The second-order valence-electron chi connectivity index (χ2n) is 6.92. The zero-order valence-electron chi connectivity index (χ0n) is 15.9. The number of hydrogen-bond donors (Lipinski definition) is 1. The van der Waals surface area contributed by atoms with E-state index in [-0.39, 0.29) is 23.3 Å². The van der Waals surface area contributed by atoms with E-state index >= 15 is 0 Å². The van der Waals surface area contributed by atoms with Crippen LogP contribution in [0.1, 0.15) is 32.2 Å². The number of morpholine rings is 1. The summed E-state index contributed by atoms with van der Waals surface area (Å²) in [4.78, 5) is 32.1. The molecule has 0 radical (unpaired) electrons. The summed E-state index contributed by atoms with van der Waals surface area (Å²) in [5.74, 6) is -0.294. The van der Waals surface area contributed by atoms with Gasteiger partial charge in [-0.05, 0) is 43.2 Å². The van der Waals surface area contributed by atoms with Crippen LogP contribution in [-0.4, -0.2) is 52.4 Å². The second-order valence-corrected chi connectivity index (χ2v) is 6.92. The van der Waals surface area contributed by atoms with E-state index in [1.165, 1.54) is 0 Å². The number of pyridine rings is 1. The first-order valence-electron chi connectivity index (χ1n) is 9.27. The van der Waals surface area contributed by atoms with Gasteiger partial charge in [-0.3, -0.25) is 14.0 Å². The van der Waals surface area contributed by atoms with Gasteiger partial charge in [0.25, 0.3) is 11.8 Å². The van der Waals surface area contributed by atoms with Crippen LogP contribution in [0.4, 0.5) is 5.69 Å². The first-order chi connectivity index (χ1) is 13.5. The van der Waals surface area contributed by atoms with Gasteiger partial charge in [-0.1, -0.05) is 18.2 Å². The molecular formula is C21H22N4O3. The summed E-state index contributed by atoms with van der Waals surface area (Å²) in [5.41, 5.74) is 3.59. The van der Waals surface area contributed by atoms with E-state index in [0.717, 1.165) is 16.8 Å². The largest absolute Gasteiger partial charge is 0.378 e. The highest BCUT2D eigenvalue weighted by molar-refractivity contribution is 6.09. The number of imidazole rings is 1. The summed E-state index contributed by atoms with van der Waals surface area (Å²) in [6.07, 6.45) is 1.75. The third kappa shape index (κ3) is 3.36. The molecule has 144 valence electrons. The molecule has 0 unspecified atom stereocenters. The molecule has 3 aromatic rings. The predicted octanol–water partition coefficient (Wildman–Crippen LogP) is 2.68. The minimum absolute atomic E-state index is 0.199. The number of nitrogens with one attached hydrogen (secondary N) is 1. The molecule has 4 rings (SSSR count). The lowest BCUT2D eigenvalue weighted by Crippen LogP contribution is -2.41. The number of aromatic nitrogens is 2. The molecule has 2 amide bonds. The quantitative estimate of drug-likeness (QED) is 0.760.